The van der Waals surface area contributed by atoms with Crippen LogP contribution >= 0.6 is 0 Å². The molecule has 78 valence electrons. The van der Waals surface area contributed by atoms with Crippen LogP contribution in [0.2, 0.25) is 0 Å². The Morgan fingerprint density at radius 1 is 1.33 bits per heavy atom. The number of hydrogen-bond donors (Lipinski definition) is 2. The van der Waals surface area contributed by atoms with Gasteiger partial charge in [-0.25, -0.2) is 4.98 Å². The fourth-order valence-corrected chi connectivity index (χ4v) is 1.39. The summed E-state index contributed by atoms with van der Waals surface area (Å²) in [7, 11) is 0. The number of aromatic nitrogens is 3. The molecule has 0 saturated carbocycles. The molecule has 1 aromatic heterocycles. The van der Waals surface area contributed by atoms with Crippen molar-refractivity contribution in [3.8, 4) is 0 Å². The van der Waals surface area contributed by atoms with Gasteiger partial charge in [-0.15, -0.1) is 0 Å². The summed E-state index contributed by atoms with van der Waals surface area (Å²) in [5, 5.41) is 10.0. The number of nitrogens with one attached hydrogen (secondary N) is 2. The van der Waals surface area contributed by atoms with Gasteiger partial charge in [-0.3, -0.25) is 5.10 Å². The maximum absolute atomic E-state index is 4.10. The summed E-state index contributed by atoms with van der Waals surface area (Å²) < 4.78 is 0. The lowest BCUT2D eigenvalue weighted by Gasteiger charge is -2.10. The molecule has 0 aliphatic heterocycles. The second-order valence-electron chi connectivity index (χ2n) is 3.46. The highest BCUT2D eigenvalue weighted by Crippen LogP contribution is 2.06. The molecule has 0 spiro atoms. The van der Waals surface area contributed by atoms with Gasteiger partial charge in [-0.1, -0.05) is 30.3 Å². The summed E-state index contributed by atoms with van der Waals surface area (Å²) in [6.07, 6.45) is 1.52. The molecule has 0 radical (unpaired) electrons. The Bertz CT molecular complexity index is 382. The van der Waals surface area contributed by atoms with Crippen LogP contribution in [0.1, 0.15) is 24.4 Å². The number of rotatable bonds is 4. The summed E-state index contributed by atoms with van der Waals surface area (Å²) in [6.45, 7) is 2.90. The molecule has 0 bridgehead atoms. The van der Waals surface area contributed by atoms with Crippen LogP contribution in [0.25, 0.3) is 0 Å². The van der Waals surface area contributed by atoms with Gasteiger partial charge in [-0.05, 0) is 12.5 Å². The van der Waals surface area contributed by atoms with Gasteiger partial charge in [0.1, 0.15) is 12.2 Å². The average Bonchev–Trinajstić information content (AvgIpc) is 2.81. The molecule has 0 amide bonds. The fourth-order valence-electron chi connectivity index (χ4n) is 1.39. The summed E-state index contributed by atoms with van der Waals surface area (Å²) in [5.74, 6) is 0.867. The average molecular weight is 202 g/mol. The molecule has 0 aliphatic carbocycles. The fraction of sp³-hybridized carbons (Fsp3) is 0.273. The maximum atomic E-state index is 4.10. The number of hydrogen-bond acceptors (Lipinski definition) is 3. The van der Waals surface area contributed by atoms with E-state index in [0.29, 0.717) is 0 Å². The Labute approximate surface area is 88.8 Å². The van der Waals surface area contributed by atoms with Gasteiger partial charge in [0, 0.05) is 6.54 Å². The first-order chi connectivity index (χ1) is 7.36. The minimum Gasteiger partial charge on any atom is -0.303 e. The zero-order valence-electron chi connectivity index (χ0n) is 8.64. The zero-order valence-corrected chi connectivity index (χ0v) is 8.64. The Morgan fingerprint density at radius 3 is 2.80 bits per heavy atom. The van der Waals surface area contributed by atoms with Crippen molar-refractivity contribution in [2.24, 2.45) is 0 Å². The molecule has 4 heteroatoms. The van der Waals surface area contributed by atoms with E-state index in [-0.39, 0.29) is 6.04 Å². The van der Waals surface area contributed by atoms with Crippen LogP contribution in [0.4, 0.5) is 0 Å². The van der Waals surface area contributed by atoms with E-state index < -0.39 is 0 Å². The van der Waals surface area contributed by atoms with E-state index in [1.807, 2.05) is 18.2 Å². The lowest BCUT2D eigenvalue weighted by Crippen LogP contribution is -2.19. The molecule has 0 fully saturated rings. The first-order valence-corrected chi connectivity index (χ1v) is 4.99. The van der Waals surface area contributed by atoms with E-state index in [0.717, 1.165) is 12.4 Å². The number of benzene rings is 1. The number of aromatic amines is 1. The molecule has 2 N–H and O–H groups in total. The maximum Gasteiger partial charge on any atom is 0.141 e. The SMILES string of the molecule is CC(NCc1ccccc1)c1ncn[nH]1. The standard InChI is InChI=1S/C11H14N4/c1-9(11-13-8-14-15-11)12-7-10-5-3-2-4-6-10/h2-6,8-9,12H,7H2,1H3,(H,13,14,15). The topological polar surface area (TPSA) is 53.6 Å². The quantitative estimate of drug-likeness (QED) is 0.792. The van der Waals surface area contributed by atoms with Crippen molar-refractivity contribution in [1.29, 1.82) is 0 Å². The van der Waals surface area contributed by atoms with E-state index in [9.17, 15) is 0 Å². The summed E-state index contributed by atoms with van der Waals surface area (Å²) in [6, 6.07) is 10.5. The highest BCUT2D eigenvalue weighted by molar-refractivity contribution is 5.14. The molecule has 1 unspecified atom stereocenters. The normalized spacial score (nSPS) is 12.6. The van der Waals surface area contributed by atoms with Crippen molar-refractivity contribution in [2.75, 3.05) is 0 Å². The monoisotopic (exact) mass is 202 g/mol. The highest BCUT2D eigenvalue weighted by Gasteiger charge is 2.06. The predicted molar refractivity (Wildman–Crippen MR) is 58.1 cm³/mol. The van der Waals surface area contributed by atoms with Crippen LogP contribution in [0, 0.1) is 0 Å². The largest absolute Gasteiger partial charge is 0.303 e. The Balaban J connectivity index is 1.89. The Hall–Kier alpha value is -1.68. The molecular weight excluding hydrogens is 188 g/mol. The number of nitrogens with zero attached hydrogens (tertiary/aromatic N) is 2. The van der Waals surface area contributed by atoms with Gasteiger partial charge < -0.3 is 5.32 Å². The molecule has 15 heavy (non-hydrogen) atoms. The molecular formula is C11H14N4. The molecule has 0 aliphatic rings. The molecule has 1 aromatic carbocycles. The van der Waals surface area contributed by atoms with Crippen LogP contribution < -0.4 is 5.32 Å². The highest BCUT2D eigenvalue weighted by atomic mass is 15.2. The van der Waals surface area contributed by atoms with Crippen LogP contribution in [-0.4, -0.2) is 15.2 Å². The van der Waals surface area contributed by atoms with Crippen molar-refractivity contribution in [3.63, 3.8) is 0 Å². The second-order valence-corrected chi connectivity index (χ2v) is 3.46. The molecule has 2 rings (SSSR count). The van der Waals surface area contributed by atoms with Crippen molar-refractivity contribution in [2.45, 2.75) is 19.5 Å². The summed E-state index contributed by atoms with van der Waals surface area (Å²) in [4.78, 5) is 4.10. The minimum absolute atomic E-state index is 0.188. The third-order valence-corrected chi connectivity index (χ3v) is 2.30. The van der Waals surface area contributed by atoms with Gasteiger partial charge in [0.15, 0.2) is 0 Å². The van der Waals surface area contributed by atoms with Gasteiger partial charge in [0.25, 0.3) is 0 Å². The Kier molecular flexibility index (Phi) is 3.09. The van der Waals surface area contributed by atoms with Gasteiger partial charge >= 0.3 is 0 Å². The van der Waals surface area contributed by atoms with Crippen LogP contribution in [-0.2, 0) is 6.54 Å². The predicted octanol–water partition coefficient (Wildman–Crippen LogP) is 1.66. The lowest BCUT2D eigenvalue weighted by atomic mass is 10.2. The van der Waals surface area contributed by atoms with E-state index in [1.54, 1.807) is 0 Å². The minimum atomic E-state index is 0.188. The van der Waals surface area contributed by atoms with E-state index in [1.165, 1.54) is 11.9 Å². The third kappa shape index (κ3) is 2.63. The first kappa shape index (κ1) is 9.86. The van der Waals surface area contributed by atoms with Crippen molar-refractivity contribution in [1.82, 2.24) is 20.5 Å². The van der Waals surface area contributed by atoms with E-state index >= 15 is 0 Å². The summed E-state index contributed by atoms with van der Waals surface area (Å²) >= 11 is 0. The van der Waals surface area contributed by atoms with Crippen molar-refractivity contribution in [3.05, 3.63) is 48.0 Å². The van der Waals surface area contributed by atoms with Crippen LogP contribution in [0.3, 0.4) is 0 Å². The van der Waals surface area contributed by atoms with Crippen LogP contribution in [0.15, 0.2) is 36.7 Å². The van der Waals surface area contributed by atoms with E-state index in [2.05, 4.69) is 39.6 Å². The molecule has 1 heterocycles. The number of H-pyrrole nitrogens is 1. The second kappa shape index (κ2) is 4.70. The summed E-state index contributed by atoms with van der Waals surface area (Å²) in [5.41, 5.74) is 1.27. The van der Waals surface area contributed by atoms with Gasteiger partial charge in [0.2, 0.25) is 0 Å². The Morgan fingerprint density at radius 2 is 2.13 bits per heavy atom. The third-order valence-electron chi connectivity index (χ3n) is 2.30. The lowest BCUT2D eigenvalue weighted by molar-refractivity contribution is 0.548. The van der Waals surface area contributed by atoms with Gasteiger partial charge in [0.05, 0.1) is 6.04 Å². The van der Waals surface area contributed by atoms with Crippen LogP contribution in [0.5, 0.6) is 0 Å². The molecule has 1 atom stereocenters. The van der Waals surface area contributed by atoms with Crippen molar-refractivity contribution < 1.29 is 0 Å². The van der Waals surface area contributed by atoms with Gasteiger partial charge in [-0.2, -0.15) is 5.10 Å². The zero-order chi connectivity index (χ0) is 10.5. The van der Waals surface area contributed by atoms with E-state index in [4.69, 9.17) is 0 Å². The smallest absolute Gasteiger partial charge is 0.141 e. The molecule has 0 saturated heterocycles. The van der Waals surface area contributed by atoms with Crippen molar-refractivity contribution >= 4 is 0 Å². The molecule has 4 nitrogen and oxygen atoms in total. The first-order valence-electron chi connectivity index (χ1n) is 4.99. The molecule has 2 aromatic rings.